The van der Waals surface area contributed by atoms with Gasteiger partial charge in [-0.2, -0.15) is 0 Å². The zero-order valence-corrected chi connectivity index (χ0v) is 15.9. The number of benzene rings is 1. The minimum atomic E-state index is -0.513. The van der Waals surface area contributed by atoms with Crippen LogP contribution in [0, 0.1) is 0 Å². The molecular weight excluding hydrogens is 376 g/mol. The average molecular weight is 396 g/mol. The van der Waals surface area contributed by atoms with Crippen LogP contribution in [0.3, 0.4) is 0 Å². The molecule has 0 saturated heterocycles. The van der Waals surface area contributed by atoms with Gasteiger partial charge in [0.15, 0.2) is 5.13 Å². The van der Waals surface area contributed by atoms with Crippen molar-refractivity contribution in [3.05, 3.63) is 81.2 Å². The van der Waals surface area contributed by atoms with Crippen molar-refractivity contribution in [2.24, 2.45) is 0 Å². The van der Waals surface area contributed by atoms with Crippen LogP contribution in [0.25, 0.3) is 0 Å². The highest BCUT2D eigenvalue weighted by Crippen LogP contribution is 2.17. The number of nitrogens with one attached hydrogen (secondary N) is 3. The number of rotatable bonds is 8. The van der Waals surface area contributed by atoms with Crippen LogP contribution in [0.4, 0.5) is 5.13 Å². The maximum Gasteiger partial charge on any atom is 0.263 e. The lowest BCUT2D eigenvalue weighted by molar-refractivity contribution is -0.121. The second-order valence-corrected chi connectivity index (χ2v) is 6.95. The zero-order valence-electron chi connectivity index (χ0n) is 15.1. The number of aromatic nitrogens is 2. The van der Waals surface area contributed by atoms with Gasteiger partial charge in [0.1, 0.15) is 5.56 Å². The van der Waals surface area contributed by atoms with E-state index in [2.05, 4.69) is 20.6 Å². The maximum absolute atomic E-state index is 12.1. The first-order chi connectivity index (χ1) is 13.6. The van der Waals surface area contributed by atoms with Crippen LogP contribution in [-0.4, -0.2) is 28.3 Å². The van der Waals surface area contributed by atoms with Gasteiger partial charge in [-0.25, -0.2) is 4.98 Å². The summed E-state index contributed by atoms with van der Waals surface area (Å²) >= 11 is 1.26. The van der Waals surface area contributed by atoms with E-state index in [9.17, 15) is 14.4 Å². The molecule has 0 aliphatic heterocycles. The number of aryl methyl sites for hydroxylation is 1. The monoisotopic (exact) mass is 396 g/mol. The molecule has 0 atom stereocenters. The summed E-state index contributed by atoms with van der Waals surface area (Å²) in [6.07, 6.45) is 3.06. The summed E-state index contributed by atoms with van der Waals surface area (Å²) in [6.45, 7) is 0.590. The molecule has 2 aromatic heterocycles. The van der Waals surface area contributed by atoms with Gasteiger partial charge >= 0.3 is 0 Å². The average Bonchev–Trinajstić information content (AvgIpc) is 3.15. The molecule has 0 saturated carbocycles. The van der Waals surface area contributed by atoms with E-state index in [1.807, 2.05) is 30.3 Å². The molecule has 28 heavy (non-hydrogen) atoms. The van der Waals surface area contributed by atoms with Gasteiger partial charge in [-0.1, -0.05) is 30.3 Å². The number of anilines is 1. The largest absolute Gasteiger partial charge is 0.356 e. The Morgan fingerprint density at radius 1 is 1.07 bits per heavy atom. The first-order valence-electron chi connectivity index (χ1n) is 8.86. The first kappa shape index (κ1) is 19.5. The standard InChI is InChI=1S/C20H20N4O3S/c25-17(21-12-10-14-5-2-1-3-6-14)9-8-15-13-28-20(23-15)24-19(27)16-7-4-11-22-18(16)26/h1-7,11,13H,8-10,12H2,(H,21,25)(H,22,26)(H,23,24,27). The third kappa shape index (κ3) is 5.62. The van der Waals surface area contributed by atoms with Crippen LogP contribution in [-0.2, 0) is 17.6 Å². The van der Waals surface area contributed by atoms with Crippen molar-refractivity contribution in [3.8, 4) is 0 Å². The molecule has 0 spiro atoms. The van der Waals surface area contributed by atoms with Gasteiger partial charge in [-0.3, -0.25) is 19.7 Å². The molecule has 7 nitrogen and oxygen atoms in total. The number of nitrogens with zero attached hydrogens (tertiary/aromatic N) is 1. The molecule has 0 unspecified atom stereocenters. The third-order valence-electron chi connectivity index (χ3n) is 4.02. The smallest absolute Gasteiger partial charge is 0.263 e. The fraction of sp³-hybridized carbons (Fsp3) is 0.200. The number of thiazole rings is 1. The van der Waals surface area contributed by atoms with Gasteiger partial charge in [-0.05, 0) is 30.5 Å². The topological polar surface area (TPSA) is 104 Å². The van der Waals surface area contributed by atoms with Gasteiger partial charge < -0.3 is 10.3 Å². The molecule has 2 amide bonds. The number of carbonyl (C=O) groups is 2. The van der Waals surface area contributed by atoms with Crippen molar-refractivity contribution in [1.82, 2.24) is 15.3 Å². The Labute approximate surface area is 165 Å². The van der Waals surface area contributed by atoms with E-state index in [4.69, 9.17) is 0 Å². The summed E-state index contributed by atoms with van der Waals surface area (Å²) in [7, 11) is 0. The normalized spacial score (nSPS) is 10.4. The Hall–Kier alpha value is -3.26. The zero-order chi connectivity index (χ0) is 19.8. The van der Waals surface area contributed by atoms with Crippen molar-refractivity contribution >= 4 is 28.3 Å². The number of pyridine rings is 1. The number of amides is 2. The quantitative estimate of drug-likeness (QED) is 0.544. The summed E-state index contributed by atoms with van der Waals surface area (Å²) in [6, 6.07) is 13.0. The van der Waals surface area contributed by atoms with Gasteiger partial charge in [0.05, 0.1) is 5.69 Å². The summed E-state index contributed by atoms with van der Waals surface area (Å²) in [5.41, 5.74) is 1.47. The number of hydrogen-bond acceptors (Lipinski definition) is 5. The van der Waals surface area contributed by atoms with Crippen molar-refractivity contribution in [3.63, 3.8) is 0 Å². The van der Waals surface area contributed by atoms with E-state index in [0.29, 0.717) is 24.5 Å². The van der Waals surface area contributed by atoms with Gasteiger partial charge in [0.25, 0.3) is 11.5 Å². The van der Waals surface area contributed by atoms with Gasteiger partial charge in [0, 0.05) is 24.5 Å². The summed E-state index contributed by atoms with van der Waals surface area (Å²) in [4.78, 5) is 42.5. The van der Waals surface area contributed by atoms with Gasteiger partial charge in [-0.15, -0.1) is 11.3 Å². The van der Waals surface area contributed by atoms with Crippen LogP contribution in [0.15, 0.2) is 58.8 Å². The van der Waals surface area contributed by atoms with Crippen molar-refractivity contribution in [2.75, 3.05) is 11.9 Å². The molecule has 1 aromatic carbocycles. The number of H-pyrrole nitrogens is 1. The van der Waals surface area contributed by atoms with Crippen LogP contribution < -0.4 is 16.2 Å². The van der Waals surface area contributed by atoms with E-state index in [0.717, 1.165) is 12.1 Å². The lowest BCUT2D eigenvalue weighted by Crippen LogP contribution is -2.25. The molecule has 3 rings (SSSR count). The Morgan fingerprint density at radius 2 is 1.89 bits per heavy atom. The fourth-order valence-electron chi connectivity index (χ4n) is 2.56. The maximum atomic E-state index is 12.1. The number of carbonyl (C=O) groups excluding carboxylic acids is 2. The molecule has 0 aliphatic rings. The molecule has 2 heterocycles. The highest BCUT2D eigenvalue weighted by Gasteiger charge is 2.12. The van der Waals surface area contributed by atoms with E-state index in [1.165, 1.54) is 29.2 Å². The number of aromatic amines is 1. The predicted octanol–water partition coefficient (Wildman–Crippen LogP) is 2.38. The summed E-state index contributed by atoms with van der Waals surface area (Å²) < 4.78 is 0. The van der Waals surface area contributed by atoms with E-state index < -0.39 is 11.5 Å². The van der Waals surface area contributed by atoms with Crippen LogP contribution in [0.2, 0.25) is 0 Å². The van der Waals surface area contributed by atoms with Crippen LogP contribution in [0.5, 0.6) is 0 Å². The first-order valence-corrected chi connectivity index (χ1v) is 9.74. The van der Waals surface area contributed by atoms with Crippen molar-refractivity contribution < 1.29 is 9.59 Å². The Bertz CT molecular complexity index is 998. The Morgan fingerprint density at radius 3 is 2.68 bits per heavy atom. The minimum absolute atomic E-state index is 0.0250. The van der Waals surface area contributed by atoms with E-state index in [1.54, 1.807) is 11.4 Å². The molecule has 0 bridgehead atoms. The predicted molar refractivity (Wildman–Crippen MR) is 109 cm³/mol. The second-order valence-electron chi connectivity index (χ2n) is 6.10. The van der Waals surface area contributed by atoms with Crippen LogP contribution >= 0.6 is 11.3 Å². The molecular formula is C20H20N4O3S. The van der Waals surface area contributed by atoms with E-state index >= 15 is 0 Å². The summed E-state index contributed by atoms with van der Waals surface area (Å²) in [5.74, 6) is -0.549. The third-order valence-corrected chi connectivity index (χ3v) is 4.83. The molecule has 0 radical (unpaired) electrons. The SMILES string of the molecule is O=C(CCc1csc(NC(=O)c2ccc[nH]c2=O)n1)NCCc1ccccc1. The molecule has 8 heteroatoms. The van der Waals surface area contributed by atoms with Gasteiger partial charge in [0.2, 0.25) is 5.91 Å². The molecule has 0 aliphatic carbocycles. The number of hydrogen-bond donors (Lipinski definition) is 3. The van der Waals surface area contributed by atoms with E-state index in [-0.39, 0.29) is 11.5 Å². The fourth-order valence-corrected chi connectivity index (χ4v) is 3.30. The molecule has 144 valence electrons. The molecule has 3 aromatic rings. The van der Waals surface area contributed by atoms with Crippen molar-refractivity contribution in [2.45, 2.75) is 19.3 Å². The minimum Gasteiger partial charge on any atom is -0.356 e. The summed E-state index contributed by atoms with van der Waals surface area (Å²) in [5, 5.41) is 7.69. The second kappa shape index (κ2) is 9.61. The van der Waals surface area contributed by atoms with Crippen molar-refractivity contribution in [1.29, 1.82) is 0 Å². The Kier molecular flexibility index (Phi) is 6.69. The highest BCUT2D eigenvalue weighted by atomic mass is 32.1. The molecule has 0 fully saturated rings. The lowest BCUT2D eigenvalue weighted by Gasteiger charge is -2.04. The highest BCUT2D eigenvalue weighted by molar-refractivity contribution is 7.14. The molecule has 3 N–H and O–H groups in total. The Balaban J connectivity index is 1.43. The van der Waals surface area contributed by atoms with Crippen LogP contribution in [0.1, 0.15) is 28.0 Å². The lowest BCUT2D eigenvalue weighted by atomic mass is 10.1.